The molecule has 7 nitrogen and oxygen atoms in total. The van der Waals surface area contributed by atoms with Gasteiger partial charge in [0.25, 0.3) is 0 Å². The minimum atomic E-state index is -0.780. The molecule has 0 heterocycles. The van der Waals surface area contributed by atoms with Crippen LogP contribution in [-0.2, 0) is 16.0 Å². The molecule has 2 aromatic rings. The molecule has 146 valence electrons. The van der Waals surface area contributed by atoms with Gasteiger partial charge in [-0.2, -0.15) is 0 Å². The molecule has 0 spiro atoms. The Morgan fingerprint density at radius 3 is 2.54 bits per heavy atom. The Kier molecular flexibility index (Phi) is 5.93. The number of ether oxygens (including phenoxy) is 1. The van der Waals surface area contributed by atoms with Crippen LogP contribution < -0.4 is 21.1 Å². The smallest absolute Gasteiger partial charge is 0.313 e. The van der Waals surface area contributed by atoms with E-state index in [9.17, 15) is 14.4 Å². The van der Waals surface area contributed by atoms with E-state index in [4.69, 9.17) is 10.5 Å². The molecular weight excluding hydrogens is 358 g/mol. The molecule has 0 aromatic heterocycles. The summed E-state index contributed by atoms with van der Waals surface area (Å²) in [6, 6.07) is 13.7. The van der Waals surface area contributed by atoms with E-state index in [-0.39, 0.29) is 11.6 Å². The quantitative estimate of drug-likeness (QED) is 0.636. The van der Waals surface area contributed by atoms with Gasteiger partial charge < -0.3 is 21.1 Å². The molecule has 7 heteroatoms. The highest BCUT2D eigenvalue weighted by atomic mass is 16.5. The Morgan fingerprint density at radius 1 is 1.11 bits per heavy atom. The normalized spacial score (nSPS) is 14.0. The Hall–Kier alpha value is -3.35. The second-order valence-electron chi connectivity index (χ2n) is 6.87. The third-order valence-electron chi connectivity index (χ3n) is 4.71. The van der Waals surface area contributed by atoms with E-state index in [1.165, 1.54) is 12.1 Å². The first kappa shape index (κ1) is 19.4. The summed E-state index contributed by atoms with van der Waals surface area (Å²) >= 11 is 0. The number of nitrogens with one attached hydrogen (secondary N) is 2. The SMILES string of the molecule is COc1cccc(C[C@@H](NC(=O)C(=O)Nc2cccc(C(N)=O)c2)C2CC2)c1. The number of hydrogen-bond acceptors (Lipinski definition) is 4. The van der Waals surface area contributed by atoms with Crippen LogP contribution in [0.5, 0.6) is 5.75 Å². The number of nitrogens with two attached hydrogens (primary N) is 1. The molecule has 1 aliphatic carbocycles. The Morgan fingerprint density at radius 2 is 1.86 bits per heavy atom. The van der Waals surface area contributed by atoms with Crippen LogP contribution in [0.3, 0.4) is 0 Å². The zero-order chi connectivity index (χ0) is 20.1. The highest BCUT2D eigenvalue weighted by Gasteiger charge is 2.33. The average Bonchev–Trinajstić information content (AvgIpc) is 3.53. The molecule has 1 atom stereocenters. The Labute approximate surface area is 163 Å². The number of anilines is 1. The zero-order valence-electron chi connectivity index (χ0n) is 15.6. The third kappa shape index (κ3) is 5.09. The summed E-state index contributed by atoms with van der Waals surface area (Å²) < 4.78 is 5.24. The number of amides is 3. The first-order valence-corrected chi connectivity index (χ1v) is 9.11. The molecule has 0 radical (unpaired) electrons. The van der Waals surface area contributed by atoms with E-state index in [1.807, 2.05) is 24.3 Å². The Balaban J connectivity index is 1.63. The van der Waals surface area contributed by atoms with Gasteiger partial charge >= 0.3 is 11.8 Å². The molecule has 1 aliphatic rings. The molecule has 2 aromatic carbocycles. The fourth-order valence-electron chi connectivity index (χ4n) is 3.06. The van der Waals surface area contributed by atoms with E-state index in [2.05, 4.69) is 10.6 Å². The van der Waals surface area contributed by atoms with Gasteiger partial charge in [-0.25, -0.2) is 0 Å². The molecule has 1 fully saturated rings. The second-order valence-corrected chi connectivity index (χ2v) is 6.87. The number of methoxy groups -OCH3 is 1. The van der Waals surface area contributed by atoms with Crippen LogP contribution in [0, 0.1) is 5.92 Å². The molecule has 0 aliphatic heterocycles. The highest BCUT2D eigenvalue weighted by molar-refractivity contribution is 6.39. The summed E-state index contributed by atoms with van der Waals surface area (Å²) in [7, 11) is 1.61. The van der Waals surface area contributed by atoms with Gasteiger partial charge in [-0.1, -0.05) is 18.2 Å². The molecule has 4 N–H and O–H groups in total. The van der Waals surface area contributed by atoms with Gasteiger partial charge in [-0.3, -0.25) is 14.4 Å². The van der Waals surface area contributed by atoms with Gasteiger partial charge in [0.15, 0.2) is 0 Å². The number of carbonyl (C=O) groups is 3. The lowest BCUT2D eigenvalue weighted by molar-refractivity contribution is -0.136. The summed E-state index contributed by atoms with van der Waals surface area (Å²) in [5, 5.41) is 5.34. The number of hydrogen-bond donors (Lipinski definition) is 3. The number of benzene rings is 2. The monoisotopic (exact) mass is 381 g/mol. The van der Waals surface area contributed by atoms with Crippen LogP contribution in [0.2, 0.25) is 0 Å². The van der Waals surface area contributed by atoms with E-state index in [0.29, 0.717) is 18.0 Å². The maximum absolute atomic E-state index is 12.4. The highest BCUT2D eigenvalue weighted by Crippen LogP contribution is 2.34. The third-order valence-corrected chi connectivity index (χ3v) is 4.71. The summed E-state index contributed by atoms with van der Waals surface area (Å²) in [4.78, 5) is 35.9. The topological polar surface area (TPSA) is 111 Å². The number of carbonyl (C=O) groups excluding carboxylic acids is 3. The minimum Gasteiger partial charge on any atom is -0.497 e. The van der Waals surface area contributed by atoms with Gasteiger partial charge in [-0.15, -0.1) is 0 Å². The number of primary amides is 1. The molecule has 0 bridgehead atoms. The van der Waals surface area contributed by atoms with Crippen molar-refractivity contribution in [3.63, 3.8) is 0 Å². The Bertz CT molecular complexity index is 893. The van der Waals surface area contributed by atoms with Crippen LogP contribution in [-0.4, -0.2) is 30.9 Å². The summed E-state index contributed by atoms with van der Waals surface area (Å²) in [5.41, 5.74) is 6.86. The molecule has 3 rings (SSSR count). The van der Waals surface area contributed by atoms with Crippen LogP contribution in [0.1, 0.15) is 28.8 Å². The zero-order valence-corrected chi connectivity index (χ0v) is 15.6. The van der Waals surface area contributed by atoms with E-state index in [0.717, 1.165) is 24.2 Å². The van der Waals surface area contributed by atoms with Crippen molar-refractivity contribution in [3.05, 3.63) is 59.7 Å². The predicted molar refractivity (Wildman–Crippen MR) is 105 cm³/mol. The molecule has 3 amide bonds. The van der Waals surface area contributed by atoms with Gasteiger partial charge in [0, 0.05) is 17.3 Å². The van der Waals surface area contributed by atoms with Crippen LogP contribution in [0.15, 0.2) is 48.5 Å². The second kappa shape index (κ2) is 8.56. The minimum absolute atomic E-state index is 0.123. The molecule has 0 saturated heterocycles. The van der Waals surface area contributed by atoms with Gasteiger partial charge in [0.05, 0.1) is 7.11 Å². The lowest BCUT2D eigenvalue weighted by atomic mass is 10.0. The molecular formula is C21H23N3O4. The molecule has 0 unspecified atom stereocenters. The average molecular weight is 381 g/mol. The first-order chi connectivity index (χ1) is 13.5. The van der Waals surface area contributed by atoms with Gasteiger partial charge in [-0.05, 0) is 61.1 Å². The lowest BCUT2D eigenvalue weighted by Crippen LogP contribution is -2.44. The largest absolute Gasteiger partial charge is 0.497 e. The van der Waals surface area contributed by atoms with Crippen molar-refractivity contribution >= 4 is 23.4 Å². The van der Waals surface area contributed by atoms with E-state index in [1.54, 1.807) is 19.2 Å². The van der Waals surface area contributed by atoms with E-state index >= 15 is 0 Å². The summed E-state index contributed by atoms with van der Waals surface area (Å²) in [6.45, 7) is 0. The van der Waals surface area contributed by atoms with Crippen molar-refractivity contribution in [2.75, 3.05) is 12.4 Å². The summed E-state index contributed by atoms with van der Waals surface area (Å²) in [6.07, 6.45) is 2.67. The van der Waals surface area contributed by atoms with Gasteiger partial charge in [0.1, 0.15) is 5.75 Å². The van der Waals surface area contributed by atoms with Gasteiger partial charge in [0.2, 0.25) is 5.91 Å². The lowest BCUT2D eigenvalue weighted by Gasteiger charge is -2.18. The standard InChI is InChI=1S/C21H23N3O4/c1-28-17-7-2-4-13(10-17)11-18(14-8-9-14)24-21(27)20(26)23-16-6-3-5-15(12-16)19(22)25/h2-7,10,12,14,18H,8-9,11H2,1H3,(H2,22,25)(H,23,26)(H,24,27)/t18-/m1/s1. The van der Waals surface area contributed by atoms with E-state index < -0.39 is 17.7 Å². The predicted octanol–water partition coefficient (Wildman–Crippen LogP) is 1.87. The summed E-state index contributed by atoms with van der Waals surface area (Å²) in [5.74, 6) is -0.971. The molecule has 1 saturated carbocycles. The maximum Gasteiger partial charge on any atom is 0.313 e. The maximum atomic E-state index is 12.4. The first-order valence-electron chi connectivity index (χ1n) is 9.11. The molecule has 28 heavy (non-hydrogen) atoms. The van der Waals surface area contributed by atoms with Crippen LogP contribution in [0.4, 0.5) is 5.69 Å². The van der Waals surface area contributed by atoms with Crippen molar-refractivity contribution in [2.24, 2.45) is 11.7 Å². The van der Waals surface area contributed by atoms with Crippen LogP contribution in [0.25, 0.3) is 0 Å². The van der Waals surface area contributed by atoms with Crippen molar-refractivity contribution < 1.29 is 19.1 Å². The fourth-order valence-corrected chi connectivity index (χ4v) is 3.06. The number of rotatable bonds is 7. The fraction of sp³-hybridized carbons (Fsp3) is 0.286. The van der Waals surface area contributed by atoms with Crippen molar-refractivity contribution in [1.82, 2.24) is 5.32 Å². The van der Waals surface area contributed by atoms with Crippen LogP contribution >= 0.6 is 0 Å². The van der Waals surface area contributed by atoms with Crippen molar-refractivity contribution in [2.45, 2.75) is 25.3 Å². The van der Waals surface area contributed by atoms with Crippen molar-refractivity contribution in [1.29, 1.82) is 0 Å². The van der Waals surface area contributed by atoms with Crippen molar-refractivity contribution in [3.8, 4) is 5.75 Å².